The fourth-order valence-corrected chi connectivity index (χ4v) is 3.82. The fourth-order valence-electron chi connectivity index (χ4n) is 1.45. The van der Waals surface area contributed by atoms with Gasteiger partial charge in [0.2, 0.25) is 0 Å². The Kier molecular flexibility index (Phi) is 4.44. The van der Waals surface area contributed by atoms with E-state index in [0.29, 0.717) is 5.56 Å². The molecule has 7 heteroatoms. The predicted molar refractivity (Wildman–Crippen MR) is 77.1 cm³/mol. The van der Waals surface area contributed by atoms with Crippen LogP contribution in [0.1, 0.15) is 16.5 Å². The van der Waals surface area contributed by atoms with Crippen molar-refractivity contribution in [3.63, 3.8) is 0 Å². The molecule has 0 radical (unpaired) electrons. The second-order valence-electron chi connectivity index (χ2n) is 3.54. The van der Waals surface area contributed by atoms with E-state index in [9.17, 15) is 8.78 Å². The molecule has 0 amide bonds. The van der Waals surface area contributed by atoms with Gasteiger partial charge in [0.05, 0.1) is 9.83 Å². The lowest BCUT2D eigenvalue weighted by Crippen LogP contribution is -2.11. The Balaban J connectivity index is 2.45. The molecule has 2 rings (SSSR count). The highest BCUT2D eigenvalue weighted by Gasteiger charge is 2.18. The molecule has 0 spiro atoms. The van der Waals surface area contributed by atoms with E-state index in [1.54, 1.807) is 0 Å². The van der Waals surface area contributed by atoms with Crippen LogP contribution in [0.5, 0.6) is 0 Å². The van der Waals surface area contributed by atoms with Crippen LogP contribution >= 0.6 is 54.8 Å². The van der Waals surface area contributed by atoms with Crippen LogP contribution in [0.25, 0.3) is 0 Å². The van der Waals surface area contributed by atoms with Crippen molar-refractivity contribution < 1.29 is 8.78 Å². The van der Waals surface area contributed by atoms with Crippen molar-refractivity contribution in [1.29, 1.82) is 0 Å². The van der Waals surface area contributed by atoms with Gasteiger partial charge in [0.25, 0.3) is 0 Å². The Morgan fingerprint density at radius 3 is 2.33 bits per heavy atom. The Labute approximate surface area is 128 Å². The van der Waals surface area contributed by atoms with Gasteiger partial charge in [-0.1, -0.05) is 11.6 Å². The summed E-state index contributed by atoms with van der Waals surface area (Å²) in [5, 5.41) is 0.113. The summed E-state index contributed by atoms with van der Waals surface area (Å²) in [6.07, 6.45) is 0. The van der Waals surface area contributed by atoms with E-state index in [1.807, 2.05) is 6.07 Å². The topological polar surface area (TPSA) is 26.0 Å². The summed E-state index contributed by atoms with van der Waals surface area (Å²) in [4.78, 5) is 0.793. The molecule has 1 aromatic heterocycles. The van der Waals surface area contributed by atoms with E-state index in [0.717, 1.165) is 25.3 Å². The number of thiophene rings is 1. The van der Waals surface area contributed by atoms with Gasteiger partial charge in [-0.2, -0.15) is 0 Å². The van der Waals surface area contributed by atoms with E-state index in [4.69, 9.17) is 17.3 Å². The first-order chi connectivity index (χ1) is 8.40. The molecule has 1 nitrogen and oxygen atoms in total. The zero-order chi connectivity index (χ0) is 13.4. The fraction of sp³-hybridized carbons (Fsp3) is 0.0909. The maximum atomic E-state index is 13.2. The normalized spacial score (nSPS) is 12.8. The third-order valence-electron chi connectivity index (χ3n) is 2.35. The average molecular weight is 418 g/mol. The van der Waals surface area contributed by atoms with E-state index in [2.05, 4.69) is 31.9 Å². The van der Waals surface area contributed by atoms with Crippen molar-refractivity contribution in [2.45, 2.75) is 6.04 Å². The molecule has 1 unspecified atom stereocenters. The number of benzene rings is 1. The summed E-state index contributed by atoms with van der Waals surface area (Å²) in [5.41, 5.74) is 6.37. The first-order valence-corrected chi connectivity index (χ1v) is 7.53. The third-order valence-corrected chi connectivity index (χ3v) is 6.01. The highest BCUT2D eigenvalue weighted by atomic mass is 79.9. The van der Waals surface area contributed by atoms with Gasteiger partial charge in [0.15, 0.2) is 11.6 Å². The Bertz CT molecular complexity index is 583. The van der Waals surface area contributed by atoms with Crippen molar-refractivity contribution >= 4 is 54.8 Å². The molecule has 0 saturated heterocycles. The third kappa shape index (κ3) is 2.77. The van der Waals surface area contributed by atoms with Gasteiger partial charge < -0.3 is 5.73 Å². The zero-order valence-electron chi connectivity index (χ0n) is 8.68. The van der Waals surface area contributed by atoms with E-state index in [-0.39, 0.29) is 5.02 Å². The van der Waals surface area contributed by atoms with Crippen LogP contribution < -0.4 is 5.73 Å². The minimum Gasteiger partial charge on any atom is -0.320 e. The van der Waals surface area contributed by atoms with E-state index in [1.165, 1.54) is 11.3 Å². The maximum Gasteiger partial charge on any atom is 0.160 e. The van der Waals surface area contributed by atoms with E-state index < -0.39 is 17.7 Å². The lowest BCUT2D eigenvalue weighted by Gasteiger charge is -2.12. The van der Waals surface area contributed by atoms with Crippen LogP contribution in [-0.2, 0) is 0 Å². The van der Waals surface area contributed by atoms with Gasteiger partial charge in [-0.05, 0) is 55.6 Å². The number of halogens is 5. The minimum atomic E-state index is -0.982. The lowest BCUT2D eigenvalue weighted by atomic mass is 10.1. The Morgan fingerprint density at radius 2 is 1.78 bits per heavy atom. The molecule has 0 aliphatic carbocycles. The molecule has 1 aromatic carbocycles. The van der Waals surface area contributed by atoms with Crippen molar-refractivity contribution in [2.24, 2.45) is 5.73 Å². The Hall–Kier alpha value is -0.0100. The standard InChI is InChI=1S/C11H6Br2ClF2NS/c12-5-2-9(18-11(5)13)10(17)4-1-7(15)8(16)3-6(4)14/h1-3,10H,17H2. The summed E-state index contributed by atoms with van der Waals surface area (Å²) < 4.78 is 27.9. The largest absolute Gasteiger partial charge is 0.320 e. The second kappa shape index (κ2) is 5.54. The van der Waals surface area contributed by atoms with E-state index >= 15 is 0 Å². The van der Waals surface area contributed by atoms with Crippen LogP contribution in [0.15, 0.2) is 26.5 Å². The van der Waals surface area contributed by atoms with Gasteiger partial charge >= 0.3 is 0 Å². The molecule has 2 aromatic rings. The first-order valence-electron chi connectivity index (χ1n) is 4.75. The van der Waals surface area contributed by atoms with Crippen molar-refractivity contribution in [2.75, 3.05) is 0 Å². The molecule has 1 atom stereocenters. The predicted octanol–water partition coefficient (Wildman–Crippen LogP) is 5.25. The van der Waals surface area contributed by atoms with Crippen molar-refractivity contribution in [1.82, 2.24) is 0 Å². The number of rotatable bonds is 2. The molecule has 2 N–H and O–H groups in total. The van der Waals surface area contributed by atoms with Crippen molar-refractivity contribution in [3.05, 3.63) is 53.6 Å². The molecule has 18 heavy (non-hydrogen) atoms. The molecule has 1 heterocycles. The number of nitrogens with two attached hydrogens (primary N) is 1. The number of hydrogen-bond acceptors (Lipinski definition) is 2. The number of hydrogen-bond donors (Lipinski definition) is 1. The monoisotopic (exact) mass is 415 g/mol. The summed E-state index contributed by atoms with van der Waals surface area (Å²) >= 11 is 14.0. The SMILES string of the molecule is NC(c1cc(Br)c(Br)s1)c1cc(F)c(F)cc1Cl. The quantitative estimate of drug-likeness (QED) is 0.664. The highest BCUT2D eigenvalue weighted by Crippen LogP contribution is 2.38. The summed E-state index contributed by atoms with van der Waals surface area (Å²) in [6.45, 7) is 0. The molecule has 0 saturated carbocycles. The van der Waals surface area contributed by atoms with Gasteiger partial charge in [-0.25, -0.2) is 8.78 Å². The molecule has 0 fully saturated rings. The van der Waals surface area contributed by atoms with Crippen LogP contribution in [-0.4, -0.2) is 0 Å². The van der Waals surface area contributed by atoms with Crippen molar-refractivity contribution in [3.8, 4) is 0 Å². The Morgan fingerprint density at radius 1 is 1.17 bits per heavy atom. The zero-order valence-corrected chi connectivity index (χ0v) is 13.4. The smallest absolute Gasteiger partial charge is 0.160 e. The lowest BCUT2D eigenvalue weighted by molar-refractivity contribution is 0.506. The van der Waals surface area contributed by atoms with Gasteiger partial charge in [-0.15, -0.1) is 11.3 Å². The highest BCUT2D eigenvalue weighted by molar-refractivity contribution is 9.13. The summed E-state index contributed by atoms with van der Waals surface area (Å²) in [5.74, 6) is -1.94. The van der Waals surface area contributed by atoms with Gasteiger partial charge in [0, 0.05) is 14.4 Å². The van der Waals surface area contributed by atoms with Gasteiger partial charge in [-0.3, -0.25) is 0 Å². The van der Waals surface area contributed by atoms with Crippen LogP contribution in [0.4, 0.5) is 8.78 Å². The molecule has 0 aliphatic heterocycles. The average Bonchev–Trinajstić information content (AvgIpc) is 2.63. The first kappa shape index (κ1) is 14.4. The molecular formula is C11H6Br2ClF2NS. The molecular weight excluding hydrogens is 411 g/mol. The van der Waals surface area contributed by atoms with Gasteiger partial charge in [0.1, 0.15) is 0 Å². The second-order valence-corrected chi connectivity index (χ2v) is 7.20. The molecule has 96 valence electrons. The minimum absolute atomic E-state index is 0.113. The van der Waals surface area contributed by atoms with Crippen LogP contribution in [0.3, 0.4) is 0 Å². The molecule has 0 aliphatic rings. The maximum absolute atomic E-state index is 13.2. The van der Waals surface area contributed by atoms with Crippen LogP contribution in [0.2, 0.25) is 5.02 Å². The summed E-state index contributed by atoms with van der Waals surface area (Å²) in [6, 6.07) is 3.19. The summed E-state index contributed by atoms with van der Waals surface area (Å²) in [7, 11) is 0. The van der Waals surface area contributed by atoms with Crippen LogP contribution in [0, 0.1) is 11.6 Å². The molecule has 0 bridgehead atoms.